The lowest BCUT2D eigenvalue weighted by molar-refractivity contribution is 0.311. The largest absolute Gasteiger partial charge is 0.225 e. The molecule has 0 nitrogen and oxygen atoms in total. The van der Waals surface area contributed by atoms with Crippen LogP contribution in [0.4, 0.5) is 4.39 Å². The first-order valence-corrected chi connectivity index (χ1v) is 4.35. The predicted octanol–water partition coefficient (Wildman–Crippen LogP) is 3.10. The highest BCUT2D eigenvalue weighted by molar-refractivity contribution is 6.26. The Morgan fingerprint density at radius 1 is 1.50 bits per heavy atom. The molecule has 0 aromatic carbocycles. The molecule has 0 saturated heterocycles. The molecule has 0 aromatic heterocycles. The number of rotatable bonds is 0. The smallest absolute Gasteiger partial charge is 0.192 e. The van der Waals surface area contributed by atoms with Gasteiger partial charge in [-0.2, -0.15) is 0 Å². The lowest BCUT2D eigenvalue weighted by atomic mass is 9.90. The van der Waals surface area contributed by atoms with E-state index in [4.69, 9.17) is 11.6 Å². The highest BCUT2D eigenvalue weighted by Gasteiger charge is 2.74. The average Bonchev–Trinajstić information content (AvgIpc) is 2.30. The minimum Gasteiger partial charge on any atom is -0.225 e. The zero-order valence-electron chi connectivity index (χ0n) is 6.16. The third kappa shape index (κ3) is 0.578. The van der Waals surface area contributed by atoms with Gasteiger partial charge >= 0.3 is 0 Å². The second-order valence-corrected chi connectivity index (χ2v) is 4.39. The Hall–Kier alpha value is 0.220. The second kappa shape index (κ2) is 1.69. The van der Waals surface area contributed by atoms with Crippen molar-refractivity contribution in [1.82, 2.24) is 0 Å². The van der Waals surface area contributed by atoms with Crippen molar-refractivity contribution in [3.05, 3.63) is 0 Å². The number of fused-ring (bicyclic) bond motifs is 1. The molecular formula is C8H12ClF. The van der Waals surface area contributed by atoms with Crippen molar-refractivity contribution in [1.29, 1.82) is 0 Å². The van der Waals surface area contributed by atoms with Crippen molar-refractivity contribution in [2.45, 2.75) is 37.7 Å². The van der Waals surface area contributed by atoms with Crippen molar-refractivity contribution in [2.24, 2.45) is 11.3 Å². The number of hydrogen-bond acceptors (Lipinski definition) is 0. The maximum Gasteiger partial charge on any atom is 0.192 e. The third-order valence-electron chi connectivity index (χ3n) is 3.32. The maximum absolute atomic E-state index is 13.3. The van der Waals surface area contributed by atoms with Crippen LogP contribution in [0.3, 0.4) is 0 Å². The fourth-order valence-corrected chi connectivity index (χ4v) is 2.88. The topological polar surface area (TPSA) is 0 Å². The molecule has 0 radical (unpaired) electrons. The van der Waals surface area contributed by atoms with Gasteiger partial charge < -0.3 is 0 Å². The van der Waals surface area contributed by atoms with Gasteiger partial charge in [0.1, 0.15) is 0 Å². The Balaban J connectivity index is 2.20. The van der Waals surface area contributed by atoms with Gasteiger partial charge in [-0.3, -0.25) is 0 Å². The van der Waals surface area contributed by atoms with Crippen LogP contribution in [0, 0.1) is 11.3 Å². The van der Waals surface area contributed by atoms with E-state index < -0.39 is 5.13 Å². The monoisotopic (exact) mass is 162 g/mol. The quantitative estimate of drug-likeness (QED) is 0.481. The van der Waals surface area contributed by atoms with Gasteiger partial charge in [0.25, 0.3) is 0 Å². The van der Waals surface area contributed by atoms with Crippen LogP contribution in [-0.4, -0.2) is 5.13 Å². The van der Waals surface area contributed by atoms with E-state index >= 15 is 0 Å². The van der Waals surface area contributed by atoms with E-state index in [0.29, 0.717) is 0 Å². The first kappa shape index (κ1) is 6.90. The van der Waals surface area contributed by atoms with Gasteiger partial charge in [-0.25, -0.2) is 4.39 Å². The van der Waals surface area contributed by atoms with Crippen LogP contribution in [0.25, 0.3) is 0 Å². The average molecular weight is 163 g/mol. The summed E-state index contributed by atoms with van der Waals surface area (Å²) >= 11 is 5.69. The van der Waals surface area contributed by atoms with Crippen LogP contribution in [0.2, 0.25) is 0 Å². The summed E-state index contributed by atoms with van der Waals surface area (Å²) in [5, 5.41) is -1.34. The molecule has 0 amide bonds. The molecule has 58 valence electrons. The zero-order chi connectivity index (χ0) is 7.41. The molecule has 0 heterocycles. The van der Waals surface area contributed by atoms with Crippen molar-refractivity contribution in [3.8, 4) is 0 Å². The van der Waals surface area contributed by atoms with Crippen LogP contribution in [0.15, 0.2) is 0 Å². The molecule has 3 atom stereocenters. The Morgan fingerprint density at radius 2 is 2.20 bits per heavy atom. The van der Waals surface area contributed by atoms with Crippen LogP contribution >= 0.6 is 11.6 Å². The molecule has 10 heavy (non-hydrogen) atoms. The number of alkyl halides is 2. The molecule has 2 fully saturated rings. The van der Waals surface area contributed by atoms with Gasteiger partial charge in [0.05, 0.1) is 0 Å². The summed E-state index contributed by atoms with van der Waals surface area (Å²) in [4.78, 5) is 0. The molecule has 2 aliphatic carbocycles. The molecule has 0 aliphatic heterocycles. The summed E-state index contributed by atoms with van der Waals surface area (Å²) in [7, 11) is 0. The molecule has 2 heteroatoms. The van der Waals surface area contributed by atoms with Crippen molar-refractivity contribution < 1.29 is 4.39 Å². The van der Waals surface area contributed by atoms with Crippen LogP contribution < -0.4 is 0 Å². The van der Waals surface area contributed by atoms with E-state index in [1.807, 2.05) is 6.92 Å². The molecule has 2 saturated carbocycles. The van der Waals surface area contributed by atoms with E-state index in [9.17, 15) is 4.39 Å². The van der Waals surface area contributed by atoms with Gasteiger partial charge in [0.15, 0.2) is 5.13 Å². The first-order valence-electron chi connectivity index (χ1n) is 3.97. The van der Waals surface area contributed by atoms with Crippen LogP contribution in [-0.2, 0) is 0 Å². The summed E-state index contributed by atoms with van der Waals surface area (Å²) in [6.45, 7) is 1.98. The fraction of sp³-hybridized carbons (Fsp3) is 1.00. The third-order valence-corrected chi connectivity index (χ3v) is 4.02. The maximum atomic E-state index is 13.3. The summed E-state index contributed by atoms with van der Waals surface area (Å²) < 4.78 is 13.3. The Bertz CT molecular complexity index is 167. The minimum atomic E-state index is -1.34. The normalized spacial score (nSPS) is 59.7. The SMILES string of the molecule is C[C@]12CCCC[C@@H]1[C@]2(F)Cl. The second-order valence-electron chi connectivity index (χ2n) is 3.84. The fourth-order valence-electron chi connectivity index (χ4n) is 2.36. The standard InChI is InChI=1S/C8H12ClF/c1-7-5-3-2-4-6(7)8(7,9)10/h6H,2-5H2,1H3/t6-,7-,8+/m0/s1. The van der Waals surface area contributed by atoms with Crippen molar-refractivity contribution >= 4 is 11.6 Å². The highest BCUT2D eigenvalue weighted by atomic mass is 35.5. The van der Waals surface area contributed by atoms with E-state index in [2.05, 4.69) is 0 Å². The molecule has 0 aromatic rings. The summed E-state index contributed by atoms with van der Waals surface area (Å²) in [5.74, 6) is 0.162. The molecule has 2 rings (SSSR count). The van der Waals surface area contributed by atoms with Gasteiger partial charge in [0, 0.05) is 11.3 Å². The van der Waals surface area contributed by atoms with Crippen molar-refractivity contribution in [2.75, 3.05) is 0 Å². The molecule has 0 N–H and O–H groups in total. The molecule has 0 bridgehead atoms. The van der Waals surface area contributed by atoms with Gasteiger partial charge in [0.2, 0.25) is 0 Å². The number of halogens is 2. The van der Waals surface area contributed by atoms with Gasteiger partial charge in [-0.05, 0) is 12.8 Å². The highest BCUT2D eigenvalue weighted by Crippen LogP contribution is 2.73. The van der Waals surface area contributed by atoms with E-state index in [-0.39, 0.29) is 11.3 Å². The minimum absolute atomic E-state index is 0.160. The lowest BCUT2D eigenvalue weighted by Gasteiger charge is -2.14. The van der Waals surface area contributed by atoms with E-state index in [1.54, 1.807) is 0 Å². The van der Waals surface area contributed by atoms with Gasteiger partial charge in [-0.15, -0.1) is 0 Å². The first-order chi connectivity index (χ1) is 4.59. The Kier molecular flexibility index (Phi) is 1.16. The summed E-state index contributed by atoms with van der Waals surface area (Å²) in [6.07, 6.45) is 4.30. The van der Waals surface area contributed by atoms with Crippen LogP contribution in [0.1, 0.15) is 32.6 Å². The van der Waals surface area contributed by atoms with E-state index in [1.165, 1.54) is 6.42 Å². The lowest BCUT2D eigenvalue weighted by Crippen LogP contribution is -2.06. The van der Waals surface area contributed by atoms with E-state index in [0.717, 1.165) is 19.3 Å². The molecular weight excluding hydrogens is 151 g/mol. The zero-order valence-corrected chi connectivity index (χ0v) is 6.92. The van der Waals surface area contributed by atoms with Gasteiger partial charge in [-0.1, -0.05) is 31.4 Å². The Morgan fingerprint density at radius 3 is 2.60 bits per heavy atom. The summed E-state index contributed by atoms with van der Waals surface area (Å²) in [6, 6.07) is 0. The summed E-state index contributed by atoms with van der Waals surface area (Å²) in [5.41, 5.74) is -0.160. The predicted molar refractivity (Wildman–Crippen MR) is 39.8 cm³/mol. The molecule has 2 aliphatic rings. The molecule has 0 unspecified atom stereocenters. The number of hydrogen-bond donors (Lipinski definition) is 0. The van der Waals surface area contributed by atoms with Crippen molar-refractivity contribution in [3.63, 3.8) is 0 Å². The Labute approximate surface area is 65.8 Å². The van der Waals surface area contributed by atoms with Crippen LogP contribution in [0.5, 0.6) is 0 Å². The molecule has 0 spiro atoms.